The number of carboxylic acid groups (broad SMARTS) is 3. The van der Waals surface area contributed by atoms with Crippen molar-refractivity contribution in [3.05, 3.63) is 35.4 Å². The van der Waals surface area contributed by atoms with Crippen LogP contribution in [0, 0.1) is 0 Å². The van der Waals surface area contributed by atoms with Gasteiger partial charge in [0.15, 0.2) is 0 Å². The summed E-state index contributed by atoms with van der Waals surface area (Å²) in [5.41, 5.74) is 0.167. The first kappa shape index (κ1) is 35.0. The smallest absolute Gasteiger partial charge is 1.00 e. The van der Waals surface area contributed by atoms with Gasteiger partial charge in [0.05, 0.1) is 17.2 Å². The van der Waals surface area contributed by atoms with Gasteiger partial charge in [-0.15, -0.1) is 0 Å². The number of benzene rings is 1. The summed E-state index contributed by atoms with van der Waals surface area (Å²) in [5, 5.41) is 35.3. The van der Waals surface area contributed by atoms with Gasteiger partial charge in [-0.2, -0.15) is 0 Å². The minimum absolute atomic E-state index is 0. The van der Waals surface area contributed by atoms with Crippen molar-refractivity contribution in [2.24, 2.45) is 0 Å². The van der Waals surface area contributed by atoms with Crippen molar-refractivity contribution < 1.29 is 37.7 Å². The minimum atomic E-state index is -1.06. The fraction of sp³-hybridized carbons (Fsp3) is 0.654. The maximum atomic E-state index is 10.3. The summed E-state index contributed by atoms with van der Waals surface area (Å²) in [5.74, 6) is -2.80. The van der Waals surface area contributed by atoms with Crippen molar-refractivity contribution in [2.75, 3.05) is 0 Å². The van der Waals surface area contributed by atoms with Gasteiger partial charge in [0, 0.05) is 6.42 Å². The summed E-state index contributed by atoms with van der Waals surface area (Å²) in [7, 11) is 0. The minimum Gasteiger partial charge on any atom is -1.00 e. The van der Waals surface area contributed by atoms with Gasteiger partial charge >= 0.3 is 55.6 Å². The van der Waals surface area contributed by atoms with Crippen LogP contribution in [-0.2, 0) is 4.79 Å². The van der Waals surface area contributed by atoms with Crippen molar-refractivity contribution in [3.63, 3.8) is 0 Å². The Hall–Kier alpha value is -1.15. The summed E-state index contributed by atoms with van der Waals surface area (Å²) in [6, 6.07) is 5.02. The normalized spacial score (nSPS) is 11.0. The van der Waals surface area contributed by atoms with E-state index in [4.69, 9.17) is 15.3 Å². The molecule has 0 aromatic heterocycles. The first-order valence-electron chi connectivity index (χ1n) is 12.2. The van der Waals surface area contributed by atoms with E-state index in [0.29, 0.717) is 6.42 Å². The molecule has 1 atom stereocenters. The maximum absolute atomic E-state index is 10.3. The molecule has 0 radical (unpaired) electrons. The van der Waals surface area contributed by atoms with E-state index in [1.54, 1.807) is 0 Å². The average molecular weight is 509 g/mol. The zero-order valence-electron chi connectivity index (χ0n) is 22.7. The van der Waals surface area contributed by atoms with E-state index in [1.807, 2.05) is 0 Å². The van der Waals surface area contributed by atoms with Crippen LogP contribution in [0.2, 0.25) is 0 Å². The molecule has 0 fully saturated rings. The van der Waals surface area contributed by atoms with Gasteiger partial charge in [-0.1, -0.05) is 77.6 Å². The molecule has 0 saturated carbocycles. The van der Waals surface area contributed by atoms with Crippen molar-refractivity contribution in [1.29, 1.82) is 0 Å². The maximum Gasteiger partial charge on any atom is 2.00 e. The predicted octanol–water partition coefficient (Wildman–Crippen LogP) is 6.23. The van der Waals surface area contributed by atoms with Crippen LogP contribution < -0.4 is 0 Å². The molecule has 0 bridgehead atoms. The second-order valence-corrected chi connectivity index (χ2v) is 8.45. The summed E-state index contributed by atoms with van der Waals surface area (Å²) in [6.07, 6.45) is 16.3. The number of carbonyl (C=O) groups is 3. The Morgan fingerprint density at radius 1 is 0.676 bits per heavy atom. The number of rotatable bonds is 18. The molecule has 7 nitrogen and oxygen atoms in total. The van der Waals surface area contributed by atoms with Crippen molar-refractivity contribution in [2.45, 2.75) is 109 Å². The SMILES string of the molecule is CCCCCCC(O)CCCCCCCCCCC(=O)O.O=C(O)c1ccc(C(=O)O)cc1.[Ca+2].[H-].[H-]. The van der Waals surface area contributed by atoms with Gasteiger partial charge in [0.1, 0.15) is 0 Å². The van der Waals surface area contributed by atoms with Crippen LogP contribution in [0.3, 0.4) is 0 Å². The van der Waals surface area contributed by atoms with Crippen LogP contribution >= 0.6 is 0 Å². The van der Waals surface area contributed by atoms with E-state index in [0.717, 1.165) is 38.5 Å². The van der Waals surface area contributed by atoms with Crippen LogP contribution in [0.1, 0.15) is 127 Å². The molecular weight excluding hydrogens is 464 g/mol. The fourth-order valence-electron chi connectivity index (χ4n) is 3.42. The van der Waals surface area contributed by atoms with Gasteiger partial charge in [-0.3, -0.25) is 4.79 Å². The Morgan fingerprint density at radius 3 is 1.38 bits per heavy atom. The van der Waals surface area contributed by atoms with Gasteiger partial charge in [-0.05, 0) is 43.5 Å². The molecule has 4 N–H and O–H groups in total. The zero-order chi connectivity index (χ0) is 24.9. The molecule has 0 amide bonds. The summed E-state index contributed by atoms with van der Waals surface area (Å²) >= 11 is 0. The van der Waals surface area contributed by atoms with Crippen molar-refractivity contribution >= 4 is 55.6 Å². The van der Waals surface area contributed by atoms with Gasteiger partial charge in [0.2, 0.25) is 0 Å². The zero-order valence-corrected chi connectivity index (χ0v) is 22.9. The number of hydrogen-bond acceptors (Lipinski definition) is 4. The number of aliphatic carboxylic acids is 1. The van der Waals surface area contributed by atoms with E-state index >= 15 is 0 Å². The topological polar surface area (TPSA) is 132 Å². The molecule has 0 aliphatic heterocycles. The quantitative estimate of drug-likeness (QED) is 0.136. The molecule has 8 heteroatoms. The molecule has 0 saturated heterocycles. The summed E-state index contributed by atoms with van der Waals surface area (Å²) in [6.45, 7) is 2.21. The molecular formula is C26H44CaO7. The van der Waals surface area contributed by atoms with E-state index in [9.17, 15) is 19.5 Å². The molecule has 0 spiro atoms. The Bertz CT molecular complexity index is 640. The van der Waals surface area contributed by atoms with Crippen molar-refractivity contribution in [3.8, 4) is 0 Å². The van der Waals surface area contributed by atoms with Crippen molar-refractivity contribution in [1.82, 2.24) is 0 Å². The van der Waals surface area contributed by atoms with E-state index in [1.165, 1.54) is 75.6 Å². The molecule has 34 heavy (non-hydrogen) atoms. The van der Waals surface area contributed by atoms with Gasteiger partial charge in [-0.25, -0.2) is 9.59 Å². The van der Waals surface area contributed by atoms with Crippen LogP contribution in [0.5, 0.6) is 0 Å². The molecule has 192 valence electrons. The standard InChI is InChI=1S/C18H36O3.C8H6O4.Ca.2H/c1-2-3-4-11-14-17(19)15-12-9-7-5-6-8-10-13-16-18(20)21;9-7(10)5-1-2-6(4-3-5)8(11)12;;;/h17,19H,2-16H2,1H3,(H,20,21);1-4H,(H,9,10)(H,11,12);;;/q;;+2;2*-1. The van der Waals surface area contributed by atoms with Crippen LogP contribution in [0.15, 0.2) is 24.3 Å². The predicted molar refractivity (Wildman–Crippen MR) is 137 cm³/mol. The van der Waals surface area contributed by atoms with Gasteiger partial charge in [0.25, 0.3) is 0 Å². The molecule has 1 aromatic carbocycles. The van der Waals surface area contributed by atoms with Crippen LogP contribution in [0.4, 0.5) is 0 Å². The molecule has 0 heterocycles. The number of aromatic carboxylic acids is 2. The monoisotopic (exact) mass is 508 g/mol. The number of carboxylic acids is 3. The van der Waals surface area contributed by atoms with E-state index in [-0.39, 0.29) is 57.8 Å². The Labute approximate surface area is 236 Å². The number of unbranched alkanes of at least 4 members (excludes halogenated alkanes) is 10. The molecule has 0 aliphatic carbocycles. The summed E-state index contributed by atoms with van der Waals surface area (Å²) in [4.78, 5) is 31.0. The third kappa shape index (κ3) is 21.4. The average Bonchev–Trinajstić information content (AvgIpc) is 2.78. The van der Waals surface area contributed by atoms with Crippen LogP contribution in [0.25, 0.3) is 0 Å². The molecule has 1 unspecified atom stereocenters. The second-order valence-electron chi connectivity index (χ2n) is 8.45. The Balaban J connectivity index is -0.000000293. The first-order valence-corrected chi connectivity index (χ1v) is 12.2. The number of aliphatic hydroxyl groups is 1. The van der Waals surface area contributed by atoms with E-state index in [2.05, 4.69) is 6.92 Å². The number of aliphatic hydroxyl groups excluding tert-OH is 1. The third-order valence-electron chi connectivity index (χ3n) is 5.45. The molecule has 1 rings (SSSR count). The number of hydrogen-bond donors (Lipinski definition) is 4. The molecule has 1 aromatic rings. The van der Waals surface area contributed by atoms with Crippen LogP contribution in [-0.4, -0.2) is 82.2 Å². The second kappa shape index (κ2) is 23.6. The fourth-order valence-corrected chi connectivity index (χ4v) is 3.42. The van der Waals surface area contributed by atoms with Gasteiger partial charge < -0.3 is 23.3 Å². The third-order valence-corrected chi connectivity index (χ3v) is 5.45. The molecule has 0 aliphatic rings. The summed E-state index contributed by atoms with van der Waals surface area (Å²) < 4.78 is 0. The largest absolute Gasteiger partial charge is 2.00 e. The van der Waals surface area contributed by atoms with E-state index < -0.39 is 17.9 Å². The Morgan fingerprint density at radius 2 is 1.03 bits per heavy atom. The Kier molecular flexibility index (Phi) is 24.3. The first-order chi connectivity index (χ1) is 15.8.